The van der Waals surface area contributed by atoms with Crippen molar-refractivity contribution in [2.75, 3.05) is 7.11 Å². The summed E-state index contributed by atoms with van der Waals surface area (Å²) in [5.74, 6) is -0.330. The molecular weight excluding hydrogens is 214 g/mol. The van der Waals surface area contributed by atoms with Gasteiger partial charge in [-0.05, 0) is 19.4 Å². The van der Waals surface area contributed by atoms with Crippen molar-refractivity contribution >= 4 is 5.97 Å². The SMILES string of the molecule is COC(=O)C=CN(Cc1ccccc1)C(C)C. The minimum atomic E-state index is -0.330. The summed E-state index contributed by atoms with van der Waals surface area (Å²) in [6, 6.07) is 10.5. The second-order valence-corrected chi connectivity index (χ2v) is 4.09. The van der Waals surface area contributed by atoms with Crippen molar-refractivity contribution in [1.29, 1.82) is 0 Å². The fraction of sp³-hybridized carbons (Fsp3) is 0.357. The zero-order valence-corrected chi connectivity index (χ0v) is 10.6. The van der Waals surface area contributed by atoms with Crippen molar-refractivity contribution in [1.82, 2.24) is 4.90 Å². The van der Waals surface area contributed by atoms with Gasteiger partial charge in [-0.25, -0.2) is 4.79 Å². The summed E-state index contributed by atoms with van der Waals surface area (Å²) in [6.07, 6.45) is 3.23. The number of carbonyl (C=O) groups excluding carboxylic acids is 1. The van der Waals surface area contributed by atoms with Crippen LogP contribution in [0.2, 0.25) is 0 Å². The number of hydrogen-bond acceptors (Lipinski definition) is 3. The smallest absolute Gasteiger partial charge is 0.331 e. The Morgan fingerprint density at radius 2 is 2.00 bits per heavy atom. The van der Waals surface area contributed by atoms with E-state index in [1.54, 1.807) is 6.20 Å². The maximum Gasteiger partial charge on any atom is 0.331 e. The molecule has 1 rings (SSSR count). The molecule has 17 heavy (non-hydrogen) atoms. The van der Waals surface area contributed by atoms with Gasteiger partial charge >= 0.3 is 5.97 Å². The molecule has 0 unspecified atom stereocenters. The third-order valence-electron chi connectivity index (χ3n) is 2.47. The van der Waals surface area contributed by atoms with Crippen molar-refractivity contribution < 1.29 is 9.53 Å². The van der Waals surface area contributed by atoms with Gasteiger partial charge < -0.3 is 9.64 Å². The third-order valence-corrected chi connectivity index (χ3v) is 2.47. The van der Waals surface area contributed by atoms with Gasteiger partial charge in [0.15, 0.2) is 0 Å². The number of methoxy groups -OCH3 is 1. The van der Waals surface area contributed by atoms with Gasteiger partial charge in [-0.1, -0.05) is 30.3 Å². The molecule has 0 aliphatic rings. The van der Waals surface area contributed by atoms with Gasteiger partial charge in [0.1, 0.15) is 0 Å². The van der Waals surface area contributed by atoms with E-state index in [2.05, 4.69) is 35.6 Å². The summed E-state index contributed by atoms with van der Waals surface area (Å²) in [5, 5.41) is 0. The molecule has 0 saturated carbocycles. The van der Waals surface area contributed by atoms with Crippen LogP contribution in [0.15, 0.2) is 42.6 Å². The van der Waals surface area contributed by atoms with E-state index in [4.69, 9.17) is 0 Å². The van der Waals surface area contributed by atoms with Crippen molar-refractivity contribution in [3.63, 3.8) is 0 Å². The van der Waals surface area contributed by atoms with Crippen LogP contribution in [0.5, 0.6) is 0 Å². The molecule has 0 bridgehead atoms. The van der Waals surface area contributed by atoms with Crippen LogP contribution >= 0.6 is 0 Å². The van der Waals surface area contributed by atoms with Gasteiger partial charge in [0.05, 0.1) is 7.11 Å². The number of carbonyl (C=O) groups is 1. The van der Waals surface area contributed by atoms with Crippen molar-refractivity contribution in [3.05, 3.63) is 48.2 Å². The normalized spacial score (nSPS) is 10.8. The van der Waals surface area contributed by atoms with E-state index in [0.29, 0.717) is 6.04 Å². The maximum atomic E-state index is 11.1. The minimum absolute atomic E-state index is 0.330. The monoisotopic (exact) mass is 233 g/mol. The van der Waals surface area contributed by atoms with E-state index in [9.17, 15) is 4.79 Å². The Hall–Kier alpha value is -1.77. The highest BCUT2D eigenvalue weighted by molar-refractivity contribution is 5.81. The van der Waals surface area contributed by atoms with Gasteiger partial charge in [0.2, 0.25) is 0 Å². The lowest BCUT2D eigenvalue weighted by molar-refractivity contribution is -0.134. The number of ether oxygens (including phenoxy) is 1. The van der Waals surface area contributed by atoms with Gasteiger partial charge in [0.25, 0.3) is 0 Å². The molecule has 0 saturated heterocycles. The second kappa shape index (κ2) is 6.74. The molecule has 0 aliphatic heterocycles. The Balaban J connectivity index is 2.67. The quantitative estimate of drug-likeness (QED) is 0.578. The lowest BCUT2D eigenvalue weighted by atomic mass is 10.2. The van der Waals surface area contributed by atoms with Crippen LogP contribution in [0.1, 0.15) is 19.4 Å². The fourth-order valence-electron chi connectivity index (χ4n) is 1.43. The maximum absolute atomic E-state index is 11.1. The molecule has 0 spiro atoms. The first-order valence-corrected chi connectivity index (χ1v) is 5.69. The van der Waals surface area contributed by atoms with Crippen LogP contribution in [-0.2, 0) is 16.1 Å². The predicted octanol–water partition coefficient (Wildman–Crippen LogP) is 2.58. The summed E-state index contributed by atoms with van der Waals surface area (Å²) < 4.78 is 4.58. The number of nitrogens with zero attached hydrogens (tertiary/aromatic N) is 1. The largest absolute Gasteiger partial charge is 0.466 e. The van der Waals surface area contributed by atoms with E-state index < -0.39 is 0 Å². The van der Waals surface area contributed by atoms with E-state index >= 15 is 0 Å². The molecule has 0 atom stereocenters. The first-order chi connectivity index (χ1) is 8.13. The van der Waals surface area contributed by atoms with E-state index in [-0.39, 0.29) is 5.97 Å². The molecule has 0 heterocycles. The molecule has 1 aromatic carbocycles. The van der Waals surface area contributed by atoms with Crippen LogP contribution in [0.4, 0.5) is 0 Å². The van der Waals surface area contributed by atoms with Gasteiger partial charge in [0, 0.05) is 24.9 Å². The molecule has 0 N–H and O–H groups in total. The standard InChI is InChI=1S/C14H19NO2/c1-12(2)15(10-9-14(16)17-3)11-13-7-5-4-6-8-13/h4-10,12H,11H2,1-3H3. The lowest BCUT2D eigenvalue weighted by Gasteiger charge is -2.24. The number of benzene rings is 1. The van der Waals surface area contributed by atoms with Gasteiger partial charge in [-0.3, -0.25) is 0 Å². The van der Waals surface area contributed by atoms with E-state index in [1.807, 2.05) is 18.2 Å². The fourth-order valence-corrected chi connectivity index (χ4v) is 1.43. The average Bonchev–Trinajstić information content (AvgIpc) is 2.34. The van der Waals surface area contributed by atoms with Crippen LogP contribution in [0.3, 0.4) is 0 Å². The minimum Gasteiger partial charge on any atom is -0.466 e. The van der Waals surface area contributed by atoms with Crippen LogP contribution < -0.4 is 0 Å². The van der Waals surface area contributed by atoms with Crippen LogP contribution in [0, 0.1) is 0 Å². The average molecular weight is 233 g/mol. The Bertz CT molecular complexity index is 371. The Labute approximate surface area is 103 Å². The summed E-state index contributed by atoms with van der Waals surface area (Å²) in [6.45, 7) is 4.96. The Kier molecular flexibility index (Phi) is 5.27. The van der Waals surface area contributed by atoms with Crippen LogP contribution in [0.25, 0.3) is 0 Å². The molecule has 3 heteroatoms. The zero-order valence-electron chi connectivity index (χ0n) is 10.6. The highest BCUT2D eigenvalue weighted by Crippen LogP contribution is 2.08. The lowest BCUT2D eigenvalue weighted by Crippen LogP contribution is -2.25. The number of rotatable bonds is 5. The second-order valence-electron chi connectivity index (χ2n) is 4.09. The number of esters is 1. The molecule has 0 radical (unpaired) electrons. The first-order valence-electron chi connectivity index (χ1n) is 5.69. The zero-order chi connectivity index (χ0) is 12.7. The van der Waals surface area contributed by atoms with Crippen molar-refractivity contribution in [2.45, 2.75) is 26.4 Å². The Morgan fingerprint density at radius 1 is 1.35 bits per heavy atom. The van der Waals surface area contributed by atoms with Crippen molar-refractivity contribution in [3.8, 4) is 0 Å². The van der Waals surface area contributed by atoms with E-state index in [1.165, 1.54) is 18.7 Å². The summed E-state index contributed by atoms with van der Waals surface area (Å²) in [5.41, 5.74) is 1.22. The van der Waals surface area contributed by atoms with E-state index in [0.717, 1.165) is 6.54 Å². The Morgan fingerprint density at radius 3 is 2.53 bits per heavy atom. The number of hydrogen-bond donors (Lipinski definition) is 0. The topological polar surface area (TPSA) is 29.5 Å². The molecule has 0 fully saturated rings. The first kappa shape index (κ1) is 13.3. The molecular formula is C14H19NO2. The summed E-state index contributed by atoms with van der Waals surface area (Å²) in [7, 11) is 1.38. The highest BCUT2D eigenvalue weighted by atomic mass is 16.5. The van der Waals surface area contributed by atoms with Crippen LogP contribution in [-0.4, -0.2) is 24.0 Å². The molecule has 3 nitrogen and oxygen atoms in total. The molecule has 0 amide bonds. The van der Waals surface area contributed by atoms with Gasteiger partial charge in [-0.15, -0.1) is 0 Å². The molecule has 0 aromatic heterocycles. The highest BCUT2D eigenvalue weighted by Gasteiger charge is 2.05. The summed E-state index contributed by atoms with van der Waals surface area (Å²) >= 11 is 0. The summed E-state index contributed by atoms with van der Waals surface area (Å²) in [4.78, 5) is 13.1. The van der Waals surface area contributed by atoms with Gasteiger partial charge in [-0.2, -0.15) is 0 Å². The molecule has 0 aliphatic carbocycles. The third kappa shape index (κ3) is 4.72. The van der Waals surface area contributed by atoms with Crippen molar-refractivity contribution in [2.24, 2.45) is 0 Å². The predicted molar refractivity (Wildman–Crippen MR) is 68.3 cm³/mol. The molecule has 92 valence electrons. The molecule has 1 aromatic rings.